The topological polar surface area (TPSA) is 12.0 Å². The zero-order chi connectivity index (χ0) is 15.1. The number of rotatable bonds is 7. The van der Waals surface area contributed by atoms with Crippen LogP contribution in [0.5, 0.6) is 0 Å². The highest BCUT2D eigenvalue weighted by Crippen LogP contribution is 2.27. The van der Waals surface area contributed by atoms with Crippen molar-refractivity contribution in [3.8, 4) is 0 Å². The van der Waals surface area contributed by atoms with E-state index in [1.807, 2.05) is 0 Å². The van der Waals surface area contributed by atoms with Gasteiger partial charge in [-0.3, -0.25) is 0 Å². The number of hydrogen-bond acceptors (Lipinski definition) is 1. The van der Waals surface area contributed by atoms with E-state index >= 15 is 0 Å². The van der Waals surface area contributed by atoms with Crippen LogP contribution in [0.25, 0.3) is 0 Å². The molecule has 1 atom stereocenters. The molecule has 1 unspecified atom stereocenters. The van der Waals surface area contributed by atoms with E-state index in [9.17, 15) is 0 Å². The summed E-state index contributed by atoms with van der Waals surface area (Å²) in [5, 5.41) is 3.70. The molecule has 0 amide bonds. The van der Waals surface area contributed by atoms with Gasteiger partial charge >= 0.3 is 0 Å². The first-order valence-electron chi connectivity index (χ1n) is 7.74. The summed E-state index contributed by atoms with van der Waals surface area (Å²) in [6, 6.07) is 17.7. The summed E-state index contributed by atoms with van der Waals surface area (Å²) in [6.45, 7) is 5.48. The normalized spacial score (nSPS) is 12.3. The lowest BCUT2D eigenvalue weighted by Gasteiger charge is -2.21. The molecule has 2 aromatic carbocycles. The summed E-state index contributed by atoms with van der Waals surface area (Å²) in [7, 11) is 0. The summed E-state index contributed by atoms with van der Waals surface area (Å²) >= 11 is 3.65. The summed E-state index contributed by atoms with van der Waals surface area (Å²) in [5.74, 6) is 0. The SMILES string of the molecule is CCCNC(CCc1ccccc1)c1cccc(Br)c1C. The van der Waals surface area contributed by atoms with Crippen LogP contribution in [0.1, 0.15) is 42.5 Å². The molecule has 0 aliphatic carbocycles. The summed E-state index contributed by atoms with van der Waals surface area (Å²) < 4.78 is 1.20. The van der Waals surface area contributed by atoms with Crippen molar-refractivity contribution in [2.24, 2.45) is 0 Å². The number of benzene rings is 2. The van der Waals surface area contributed by atoms with Gasteiger partial charge in [-0.2, -0.15) is 0 Å². The molecule has 21 heavy (non-hydrogen) atoms. The van der Waals surface area contributed by atoms with Gasteiger partial charge in [0.1, 0.15) is 0 Å². The summed E-state index contributed by atoms with van der Waals surface area (Å²) in [6.07, 6.45) is 3.39. The quantitative estimate of drug-likeness (QED) is 0.705. The molecule has 2 aromatic rings. The van der Waals surface area contributed by atoms with Gasteiger partial charge in [0.2, 0.25) is 0 Å². The molecule has 0 saturated carbocycles. The minimum absolute atomic E-state index is 0.419. The van der Waals surface area contributed by atoms with Gasteiger partial charge < -0.3 is 5.32 Å². The Hall–Kier alpha value is -1.12. The fourth-order valence-corrected chi connectivity index (χ4v) is 3.02. The van der Waals surface area contributed by atoms with Crippen LogP contribution >= 0.6 is 15.9 Å². The van der Waals surface area contributed by atoms with Gasteiger partial charge in [-0.05, 0) is 55.5 Å². The third-order valence-electron chi connectivity index (χ3n) is 3.89. The maximum atomic E-state index is 3.70. The largest absolute Gasteiger partial charge is 0.310 e. The second-order valence-electron chi connectivity index (χ2n) is 5.49. The average Bonchev–Trinajstić information content (AvgIpc) is 2.52. The third-order valence-corrected chi connectivity index (χ3v) is 4.75. The molecule has 1 N–H and O–H groups in total. The van der Waals surface area contributed by atoms with Crippen LogP contribution in [0.4, 0.5) is 0 Å². The summed E-state index contributed by atoms with van der Waals surface area (Å²) in [4.78, 5) is 0. The standard InChI is InChI=1S/C19H24BrN/c1-3-14-21-19(13-12-16-8-5-4-6-9-16)17-10-7-11-18(20)15(17)2/h4-11,19,21H,3,12-14H2,1-2H3. The maximum Gasteiger partial charge on any atom is 0.0326 e. The molecule has 112 valence electrons. The Labute approximate surface area is 136 Å². The van der Waals surface area contributed by atoms with Crippen LogP contribution in [0, 0.1) is 6.92 Å². The molecule has 0 radical (unpaired) electrons. The Morgan fingerprint density at radius 3 is 2.52 bits per heavy atom. The van der Waals surface area contributed by atoms with Gasteiger partial charge in [0, 0.05) is 10.5 Å². The number of nitrogens with one attached hydrogen (secondary N) is 1. The number of hydrogen-bond donors (Lipinski definition) is 1. The number of halogens is 1. The van der Waals surface area contributed by atoms with Crippen molar-refractivity contribution in [3.63, 3.8) is 0 Å². The van der Waals surface area contributed by atoms with E-state index in [1.165, 1.54) is 21.2 Å². The Morgan fingerprint density at radius 1 is 1.05 bits per heavy atom. The minimum atomic E-state index is 0.419. The van der Waals surface area contributed by atoms with E-state index in [0.717, 1.165) is 25.8 Å². The molecule has 0 saturated heterocycles. The monoisotopic (exact) mass is 345 g/mol. The van der Waals surface area contributed by atoms with E-state index in [-0.39, 0.29) is 0 Å². The first kappa shape index (κ1) is 16.3. The molecule has 0 bridgehead atoms. The van der Waals surface area contributed by atoms with Crippen LogP contribution in [0.3, 0.4) is 0 Å². The smallest absolute Gasteiger partial charge is 0.0326 e. The van der Waals surface area contributed by atoms with Crippen LogP contribution in [0.15, 0.2) is 53.0 Å². The molecular weight excluding hydrogens is 322 g/mol. The first-order valence-corrected chi connectivity index (χ1v) is 8.54. The van der Waals surface area contributed by atoms with E-state index in [2.05, 4.69) is 83.6 Å². The van der Waals surface area contributed by atoms with Gasteiger partial charge in [0.15, 0.2) is 0 Å². The first-order chi connectivity index (χ1) is 10.2. The fourth-order valence-electron chi connectivity index (χ4n) is 2.64. The third kappa shape index (κ3) is 4.69. The van der Waals surface area contributed by atoms with Crippen LogP contribution in [-0.4, -0.2) is 6.54 Å². The highest BCUT2D eigenvalue weighted by atomic mass is 79.9. The van der Waals surface area contributed by atoms with Crippen molar-refractivity contribution in [2.45, 2.75) is 39.2 Å². The molecule has 1 nitrogen and oxygen atoms in total. The second-order valence-corrected chi connectivity index (χ2v) is 6.34. The lowest BCUT2D eigenvalue weighted by atomic mass is 9.95. The zero-order valence-electron chi connectivity index (χ0n) is 12.9. The highest BCUT2D eigenvalue weighted by Gasteiger charge is 2.14. The highest BCUT2D eigenvalue weighted by molar-refractivity contribution is 9.10. The zero-order valence-corrected chi connectivity index (χ0v) is 14.5. The number of aryl methyl sites for hydroxylation is 1. The summed E-state index contributed by atoms with van der Waals surface area (Å²) in [5.41, 5.74) is 4.17. The van der Waals surface area contributed by atoms with Gasteiger partial charge in [-0.1, -0.05) is 65.3 Å². The molecule has 0 heterocycles. The van der Waals surface area contributed by atoms with Crippen LogP contribution < -0.4 is 5.32 Å². The van der Waals surface area contributed by atoms with Crippen molar-refractivity contribution < 1.29 is 0 Å². The predicted octanol–water partition coefficient (Wildman–Crippen LogP) is 5.43. The molecule has 2 heteroatoms. The second kappa shape index (κ2) is 8.35. The molecule has 0 spiro atoms. The Balaban J connectivity index is 2.12. The van der Waals surface area contributed by atoms with Crippen molar-refractivity contribution in [1.82, 2.24) is 5.32 Å². The lowest BCUT2D eigenvalue weighted by molar-refractivity contribution is 0.497. The molecule has 0 aliphatic heterocycles. The molecule has 2 rings (SSSR count). The Morgan fingerprint density at radius 2 is 1.81 bits per heavy atom. The molecule has 0 aliphatic rings. The lowest BCUT2D eigenvalue weighted by Crippen LogP contribution is -2.23. The maximum absolute atomic E-state index is 3.70. The van der Waals surface area contributed by atoms with E-state index in [0.29, 0.717) is 6.04 Å². The molecule has 0 aromatic heterocycles. The van der Waals surface area contributed by atoms with E-state index in [1.54, 1.807) is 0 Å². The van der Waals surface area contributed by atoms with Gasteiger partial charge in [0.25, 0.3) is 0 Å². The fraction of sp³-hybridized carbons (Fsp3) is 0.368. The average molecular weight is 346 g/mol. The van der Waals surface area contributed by atoms with Gasteiger partial charge in [-0.25, -0.2) is 0 Å². The van der Waals surface area contributed by atoms with E-state index < -0.39 is 0 Å². The molecule has 0 fully saturated rings. The molecular formula is C19H24BrN. The van der Waals surface area contributed by atoms with Crippen LogP contribution in [-0.2, 0) is 6.42 Å². The predicted molar refractivity (Wildman–Crippen MR) is 94.7 cm³/mol. The van der Waals surface area contributed by atoms with Crippen molar-refractivity contribution in [2.75, 3.05) is 6.54 Å². The van der Waals surface area contributed by atoms with Crippen molar-refractivity contribution in [3.05, 3.63) is 69.7 Å². The van der Waals surface area contributed by atoms with Gasteiger partial charge in [-0.15, -0.1) is 0 Å². The Bertz CT molecular complexity index is 551. The van der Waals surface area contributed by atoms with Crippen molar-refractivity contribution in [1.29, 1.82) is 0 Å². The van der Waals surface area contributed by atoms with E-state index in [4.69, 9.17) is 0 Å². The van der Waals surface area contributed by atoms with Crippen molar-refractivity contribution >= 4 is 15.9 Å². The Kier molecular flexibility index (Phi) is 6.47. The minimum Gasteiger partial charge on any atom is -0.310 e. The van der Waals surface area contributed by atoms with Crippen LogP contribution in [0.2, 0.25) is 0 Å². The van der Waals surface area contributed by atoms with Gasteiger partial charge in [0.05, 0.1) is 0 Å².